The fourth-order valence-corrected chi connectivity index (χ4v) is 7.91. The highest BCUT2D eigenvalue weighted by Gasteiger charge is 2.68. The van der Waals surface area contributed by atoms with Crippen molar-refractivity contribution >= 4 is 5.78 Å². The van der Waals surface area contributed by atoms with Crippen LogP contribution >= 0.6 is 0 Å². The van der Waals surface area contributed by atoms with Crippen molar-refractivity contribution in [2.24, 2.45) is 28.6 Å². The predicted molar refractivity (Wildman–Crippen MR) is 124 cm³/mol. The molecule has 32 heavy (non-hydrogen) atoms. The first-order chi connectivity index (χ1) is 14.7. The topological polar surface area (TPSA) is 98.0 Å². The number of ketones is 1. The molecule has 2 saturated carbocycles. The van der Waals surface area contributed by atoms with E-state index in [-0.39, 0.29) is 35.4 Å². The third kappa shape index (κ3) is 3.38. The molecule has 0 saturated heterocycles. The summed E-state index contributed by atoms with van der Waals surface area (Å²) in [5.74, 6) is -0.0260. The zero-order chi connectivity index (χ0) is 23.7. The Kier molecular flexibility index (Phi) is 5.65. The van der Waals surface area contributed by atoms with E-state index in [9.17, 15) is 25.2 Å². The second kappa shape index (κ2) is 7.49. The van der Waals surface area contributed by atoms with Crippen LogP contribution in [0.25, 0.3) is 0 Å². The quantitative estimate of drug-likeness (QED) is 0.483. The number of aliphatic hydroxyl groups excluding tert-OH is 1. The lowest BCUT2D eigenvalue weighted by atomic mass is 9.46. The molecule has 5 heteroatoms. The first kappa shape index (κ1) is 24.1. The molecule has 4 rings (SSSR count). The summed E-state index contributed by atoms with van der Waals surface area (Å²) in [6, 6.07) is 0. The van der Waals surface area contributed by atoms with Crippen molar-refractivity contribution in [3.63, 3.8) is 0 Å². The van der Waals surface area contributed by atoms with E-state index in [0.29, 0.717) is 19.3 Å². The highest BCUT2D eigenvalue weighted by molar-refractivity contribution is 5.95. The monoisotopic (exact) mass is 446 g/mol. The van der Waals surface area contributed by atoms with Crippen LogP contribution in [-0.2, 0) is 4.79 Å². The Labute approximate surface area is 192 Å². The van der Waals surface area contributed by atoms with Crippen molar-refractivity contribution in [2.45, 2.75) is 109 Å². The normalized spacial score (nSPS) is 44.2. The third-order valence-corrected chi connectivity index (χ3v) is 10.1. The van der Waals surface area contributed by atoms with Crippen molar-refractivity contribution in [3.05, 3.63) is 23.8 Å². The van der Waals surface area contributed by atoms with Crippen LogP contribution in [0.4, 0.5) is 0 Å². The van der Waals surface area contributed by atoms with Gasteiger partial charge in [0.05, 0.1) is 22.9 Å². The summed E-state index contributed by atoms with van der Waals surface area (Å²) >= 11 is 0. The number of allylic oxidation sites excluding steroid dienone is 3. The van der Waals surface area contributed by atoms with Crippen molar-refractivity contribution in [3.8, 4) is 0 Å². The molecule has 0 spiro atoms. The Morgan fingerprint density at radius 3 is 2.44 bits per heavy atom. The van der Waals surface area contributed by atoms with Gasteiger partial charge in [-0.25, -0.2) is 0 Å². The van der Waals surface area contributed by atoms with Crippen LogP contribution in [0, 0.1) is 28.6 Å². The average Bonchev–Trinajstić information content (AvgIpc) is 2.98. The maximum absolute atomic E-state index is 13.2. The van der Waals surface area contributed by atoms with Crippen LogP contribution in [0.3, 0.4) is 0 Å². The van der Waals surface area contributed by atoms with Crippen molar-refractivity contribution in [2.75, 3.05) is 0 Å². The highest BCUT2D eigenvalue weighted by Crippen LogP contribution is 2.68. The smallest absolute Gasteiger partial charge is 0.159 e. The molecule has 4 N–H and O–H groups in total. The Bertz CT molecular complexity index is 835. The van der Waals surface area contributed by atoms with Gasteiger partial charge in [0.15, 0.2) is 5.78 Å². The van der Waals surface area contributed by atoms with Gasteiger partial charge in [-0.15, -0.1) is 0 Å². The van der Waals surface area contributed by atoms with Gasteiger partial charge in [0.1, 0.15) is 0 Å². The molecule has 0 bridgehead atoms. The molecule has 2 fully saturated rings. The maximum Gasteiger partial charge on any atom is 0.159 e. The summed E-state index contributed by atoms with van der Waals surface area (Å²) in [6.45, 7) is 9.34. The molecule has 0 amide bonds. The van der Waals surface area contributed by atoms with Crippen LogP contribution < -0.4 is 0 Å². The summed E-state index contributed by atoms with van der Waals surface area (Å²) in [5.41, 5.74) is -3.37. The van der Waals surface area contributed by atoms with Crippen molar-refractivity contribution in [1.82, 2.24) is 0 Å². The molecule has 0 heterocycles. The fourth-order valence-electron chi connectivity index (χ4n) is 7.91. The van der Waals surface area contributed by atoms with Gasteiger partial charge in [-0.1, -0.05) is 26.0 Å². The first-order valence-corrected chi connectivity index (χ1v) is 12.4. The molecule has 4 aliphatic rings. The zero-order valence-electron chi connectivity index (χ0n) is 20.4. The summed E-state index contributed by atoms with van der Waals surface area (Å²) in [5, 5.41) is 44.8. The molecule has 0 aliphatic heterocycles. The highest BCUT2D eigenvalue weighted by atomic mass is 16.3. The molecule has 4 aliphatic carbocycles. The van der Waals surface area contributed by atoms with Crippen LogP contribution in [0.5, 0.6) is 0 Å². The Balaban J connectivity index is 1.66. The number of aliphatic hydroxyl groups is 4. The number of hydrogen-bond acceptors (Lipinski definition) is 5. The van der Waals surface area contributed by atoms with E-state index < -0.39 is 28.3 Å². The molecule has 180 valence electrons. The summed E-state index contributed by atoms with van der Waals surface area (Å²) < 4.78 is 0. The molecule has 8 atom stereocenters. The predicted octanol–water partition coefficient (Wildman–Crippen LogP) is 3.69. The SMILES string of the molecule is CC(C)(O)CC[C@@H](O)[C@](C)(O)[C@H]1CC[C@@]2(O)C3=CC(=O)[C@H]4CC=CC[C@]4(C)[C@H]3CC[C@]12C. The van der Waals surface area contributed by atoms with Crippen LogP contribution in [-0.4, -0.2) is 49.1 Å². The standard InChI is InChI=1S/C27H42O5/c1-23(2,30)13-11-22(29)26(5,31)21-10-15-27(32)19-16-20(28)18-8-6-7-12-24(18,3)17(19)9-14-25(21,27)4/h6-7,16-18,21-22,29-32H,8-15H2,1-5H3/t17-,18+,21-,22+,24+,25+,26+,27+/m0/s1. The van der Waals surface area contributed by atoms with E-state index in [1.54, 1.807) is 26.8 Å². The molecular formula is C27H42O5. The molecule has 5 nitrogen and oxygen atoms in total. The van der Waals surface area contributed by atoms with Gasteiger partial charge in [-0.3, -0.25) is 4.79 Å². The summed E-state index contributed by atoms with van der Waals surface area (Å²) in [4.78, 5) is 13.2. The van der Waals surface area contributed by atoms with Crippen LogP contribution in [0.1, 0.15) is 86.0 Å². The largest absolute Gasteiger partial charge is 0.390 e. The van der Waals surface area contributed by atoms with Gasteiger partial charge in [-0.05, 0) is 101 Å². The Hall–Kier alpha value is -1.01. The van der Waals surface area contributed by atoms with Gasteiger partial charge in [0, 0.05) is 11.3 Å². The van der Waals surface area contributed by atoms with Crippen molar-refractivity contribution in [1.29, 1.82) is 0 Å². The molecule has 0 aromatic carbocycles. The second-order valence-corrected chi connectivity index (χ2v) is 12.5. The molecular weight excluding hydrogens is 404 g/mol. The molecule has 0 unspecified atom stereocenters. The lowest BCUT2D eigenvalue weighted by Gasteiger charge is -2.59. The Morgan fingerprint density at radius 2 is 1.78 bits per heavy atom. The lowest BCUT2D eigenvalue weighted by Crippen LogP contribution is -2.61. The number of carbonyl (C=O) groups is 1. The fraction of sp³-hybridized carbons (Fsp3) is 0.815. The van der Waals surface area contributed by atoms with E-state index in [2.05, 4.69) is 19.1 Å². The second-order valence-electron chi connectivity index (χ2n) is 12.5. The van der Waals surface area contributed by atoms with E-state index in [4.69, 9.17) is 0 Å². The minimum Gasteiger partial charge on any atom is -0.390 e. The third-order valence-electron chi connectivity index (χ3n) is 10.1. The van der Waals surface area contributed by atoms with Crippen LogP contribution in [0.2, 0.25) is 0 Å². The zero-order valence-corrected chi connectivity index (χ0v) is 20.4. The number of rotatable bonds is 5. The van der Waals surface area contributed by atoms with Gasteiger partial charge in [-0.2, -0.15) is 0 Å². The van der Waals surface area contributed by atoms with Crippen molar-refractivity contribution < 1.29 is 25.2 Å². The van der Waals surface area contributed by atoms with E-state index in [0.717, 1.165) is 31.3 Å². The summed E-state index contributed by atoms with van der Waals surface area (Å²) in [7, 11) is 0. The minimum atomic E-state index is -1.39. The van der Waals surface area contributed by atoms with E-state index >= 15 is 0 Å². The van der Waals surface area contributed by atoms with Gasteiger partial charge < -0.3 is 20.4 Å². The average molecular weight is 447 g/mol. The van der Waals surface area contributed by atoms with Gasteiger partial charge in [0.25, 0.3) is 0 Å². The maximum atomic E-state index is 13.2. The summed E-state index contributed by atoms with van der Waals surface area (Å²) in [6.07, 6.45) is 10.1. The molecule has 0 aromatic rings. The number of hydrogen-bond donors (Lipinski definition) is 4. The number of fused-ring (bicyclic) bond motifs is 5. The van der Waals surface area contributed by atoms with E-state index in [1.807, 2.05) is 6.92 Å². The lowest BCUT2D eigenvalue weighted by molar-refractivity contribution is -0.170. The molecule has 0 aromatic heterocycles. The van der Waals surface area contributed by atoms with Gasteiger partial charge >= 0.3 is 0 Å². The first-order valence-electron chi connectivity index (χ1n) is 12.4. The minimum absolute atomic E-state index is 0.0156. The molecule has 0 radical (unpaired) electrons. The van der Waals surface area contributed by atoms with Crippen LogP contribution in [0.15, 0.2) is 23.8 Å². The number of carbonyl (C=O) groups excluding carboxylic acids is 1. The van der Waals surface area contributed by atoms with Gasteiger partial charge in [0.2, 0.25) is 0 Å². The Morgan fingerprint density at radius 1 is 1.09 bits per heavy atom. The van der Waals surface area contributed by atoms with E-state index in [1.165, 1.54) is 0 Å².